The zero-order valence-electron chi connectivity index (χ0n) is 12.5. The third kappa shape index (κ3) is 1.94. The molecule has 2 heterocycles. The Kier molecular flexibility index (Phi) is 3.33. The second-order valence-electron chi connectivity index (χ2n) is 5.00. The fourth-order valence-electron chi connectivity index (χ4n) is 2.75. The summed E-state index contributed by atoms with van der Waals surface area (Å²) in [6.45, 7) is 1.94. The second-order valence-corrected chi connectivity index (χ2v) is 5.00. The molecule has 5 heteroatoms. The number of ether oxygens (including phenoxy) is 2. The Morgan fingerprint density at radius 1 is 1.05 bits per heavy atom. The summed E-state index contributed by atoms with van der Waals surface area (Å²) in [4.78, 5) is 24.3. The van der Waals surface area contributed by atoms with Crippen molar-refractivity contribution < 1.29 is 19.1 Å². The molecule has 0 amide bonds. The van der Waals surface area contributed by atoms with Crippen molar-refractivity contribution in [1.29, 1.82) is 0 Å². The number of rotatable bonds is 2. The molecular weight excluding hydrogens is 282 g/mol. The van der Waals surface area contributed by atoms with Crippen molar-refractivity contribution >= 4 is 17.5 Å². The molecule has 0 unspecified atom stereocenters. The van der Waals surface area contributed by atoms with Gasteiger partial charge < -0.3 is 13.9 Å². The van der Waals surface area contributed by atoms with Crippen LogP contribution in [0.2, 0.25) is 0 Å². The van der Waals surface area contributed by atoms with Crippen LogP contribution in [-0.4, -0.2) is 30.6 Å². The van der Waals surface area contributed by atoms with Gasteiger partial charge in [-0.25, -0.2) is 9.59 Å². The molecule has 0 saturated carbocycles. The average Bonchev–Trinajstić information content (AvgIpc) is 2.95. The lowest BCUT2D eigenvalue weighted by Gasteiger charge is -2.13. The molecule has 1 aromatic heterocycles. The number of carbonyl (C=O) groups excluding carboxylic acids is 2. The van der Waals surface area contributed by atoms with E-state index in [0.29, 0.717) is 5.69 Å². The van der Waals surface area contributed by atoms with Crippen molar-refractivity contribution in [3.8, 4) is 11.3 Å². The van der Waals surface area contributed by atoms with E-state index in [2.05, 4.69) is 0 Å². The monoisotopic (exact) mass is 297 g/mol. The first kappa shape index (κ1) is 14.1. The van der Waals surface area contributed by atoms with Gasteiger partial charge in [0.25, 0.3) is 0 Å². The van der Waals surface area contributed by atoms with Crippen LogP contribution in [0.15, 0.2) is 36.5 Å². The fourth-order valence-corrected chi connectivity index (χ4v) is 2.75. The normalized spacial score (nSPS) is 10.9. The number of fused-ring (bicyclic) bond motifs is 3. The first-order chi connectivity index (χ1) is 10.6. The van der Waals surface area contributed by atoms with Gasteiger partial charge in [-0.15, -0.1) is 0 Å². The molecule has 0 atom stereocenters. The first-order valence-corrected chi connectivity index (χ1v) is 6.78. The number of aryl methyl sites for hydroxylation is 1. The van der Waals surface area contributed by atoms with Crippen LogP contribution in [0.5, 0.6) is 0 Å². The van der Waals surface area contributed by atoms with Crippen LogP contribution < -0.4 is 0 Å². The van der Waals surface area contributed by atoms with Crippen LogP contribution in [-0.2, 0) is 9.47 Å². The number of pyridine rings is 2. The molecule has 0 aromatic carbocycles. The standard InChI is InChI=1S/C17H15NO4/c1-10-8-11-6-4-5-7-18(11)15-12(10)9-13(16(19)21-2)14(15)17(20)22-3/h4-9H,1-3H3. The van der Waals surface area contributed by atoms with Crippen LogP contribution in [0.1, 0.15) is 26.3 Å². The number of aromatic nitrogens is 1. The molecule has 2 aliphatic rings. The third-order valence-corrected chi connectivity index (χ3v) is 3.77. The number of hydrogen-bond acceptors (Lipinski definition) is 4. The van der Waals surface area contributed by atoms with Crippen LogP contribution in [0, 0.1) is 6.92 Å². The van der Waals surface area contributed by atoms with Crippen LogP contribution in [0.3, 0.4) is 0 Å². The summed E-state index contributed by atoms with van der Waals surface area (Å²) in [7, 11) is 2.59. The Hall–Kier alpha value is -2.82. The molecule has 0 bridgehead atoms. The summed E-state index contributed by atoms with van der Waals surface area (Å²) in [5.74, 6) is -1.11. The van der Waals surface area contributed by atoms with Crippen molar-refractivity contribution in [3.63, 3.8) is 0 Å². The Balaban J connectivity index is 2.49. The molecule has 0 fully saturated rings. The molecule has 0 saturated heterocycles. The van der Waals surface area contributed by atoms with Gasteiger partial charge in [0.2, 0.25) is 0 Å². The maximum Gasteiger partial charge on any atom is 0.340 e. The summed E-state index contributed by atoms with van der Waals surface area (Å²) in [5, 5.41) is 0. The molecule has 3 rings (SSSR count). The predicted octanol–water partition coefficient (Wildman–Crippen LogP) is 2.93. The van der Waals surface area contributed by atoms with Crippen molar-refractivity contribution in [1.82, 2.24) is 4.40 Å². The van der Waals surface area contributed by atoms with E-state index in [1.54, 1.807) is 6.07 Å². The van der Waals surface area contributed by atoms with E-state index in [0.717, 1.165) is 16.6 Å². The van der Waals surface area contributed by atoms with Gasteiger partial charge in [-0.2, -0.15) is 0 Å². The lowest BCUT2D eigenvalue weighted by molar-refractivity contribution is 0.0557. The van der Waals surface area contributed by atoms with Gasteiger partial charge in [-0.05, 0) is 36.8 Å². The minimum atomic E-state index is -0.557. The van der Waals surface area contributed by atoms with Crippen molar-refractivity contribution in [2.24, 2.45) is 0 Å². The summed E-state index contributed by atoms with van der Waals surface area (Å²) in [6, 6.07) is 9.42. The molecule has 22 heavy (non-hydrogen) atoms. The molecule has 1 aliphatic carbocycles. The molecule has 0 spiro atoms. The van der Waals surface area contributed by atoms with Crippen molar-refractivity contribution in [2.75, 3.05) is 14.2 Å². The predicted molar refractivity (Wildman–Crippen MR) is 81.4 cm³/mol. The van der Waals surface area contributed by atoms with E-state index in [4.69, 9.17) is 9.47 Å². The van der Waals surface area contributed by atoms with Crippen molar-refractivity contribution in [3.05, 3.63) is 53.2 Å². The lowest BCUT2D eigenvalue weighted by Crippen LogP contribution is -2.11. The largest absolute Gasteiger partial charge is 0.465 e. The summed E-state index contributed by atoms with van der Waals surface area (Å²) in [5.41, 5.74) is 3.83. The van der Waals surface area contributed by atoms with Gasteiger partial charge in [0, 0.05) is 17.3 Å². The first-order valence-electron chi connectivity index (χ1n) is 6.78. The minimum absolute atomic E-state index is 0.219. The van der Waals surface area contributed by atoms with E-state index in [1.165, 1.54) is 14.2 Å². The summed E-state index contributed by atoms with van der Waals surface area (Å²) < 4.78 is 11.5. The van der Waals surface area contributed by atoms with E-state index in [9.17, 15) is 9.59 Å². The smallest absolute Gasteiger partial charge is 0.340 e. The third-order valence-electron chi connectivity index (χ3n) is 3.77. The molecule has 0 radical (unpaired) electrons. The van der Waals surface area contributed by atoms with Gasteiger partial charge >= 0.3 is 11.9 Å². The zero-order valence-corrected chi connectivity index (χ0v) is 12.5. The van der Waals surface area contributed by atoms with Crippen LogP contribution in [0.25, 0.3) is 16.8 Å². The molecule has 112 valence electrons. The Morgan fingerprint density at radius 2 is 1.77 bits per heavy atom. The summed E-state index contributed by atoms with van der Waals surface area (Å²) in [6.07, 6.45) is 1.85. The van der Waals surface area contributed by atoms with Gasteiger partial charge in [-0.3, -0.25) is 0 Å². The Bertz CT molecular complexity index is 863. The van der Waals surface area contributed by atoms with Crippen molar-refractivity contribution in [2.45, 2.75) is 6.92 Å². The number of carbonyl (C=O) groups is 2. The molecule has 0 N–H and O–H groups in total. The molecule has 1 aliphatic heterocycles. The Morgan fingerprint density at radius 3 is 2.45 bits per heavy atom. The van der Waals surface area contributed by atoms with E-state index in [1.807, 2.05) is 41.8 Å². The highest BCUT2D eigenvalue weighted by atomic mass is 16.5. The van der Waals surface area contributed by atoms with E-state index < -0.39 is 11.9 Å². The lowest BCUT2D eigenvalue weighted by atomic mass is 10.1. The zero-order chi connectivity index (χ0) is 15.9. The van der Waals surface area contributed by atoms with Gasteiger partial charge in [0.1, 0.15) is 0 Å². The second kappa shape index (κ2) is 5.18. The number of hydrogen-bond donors (Lipinski definition) is 0. The number of esters is 2. The highest BCUT2D eigenvalue weighted by Crippen LogP contribution is 2.36. The average molecular weight is 297 g/mol. The van der Waals surface area contributed by atoms with Gasteiger partial charge in [-0.1, -0.05) is 6.07 Å². The minimum Gasteiger partial charge on any atom is -0.465 e. The molecular formula is C17H15NO4. The Labute approximate surface area is 127 Å². The fraction of sp³-hybridized carbons (Fsp3) is 0.176. The highest BCUT2D eigenvalue weighted by molar-refractivity contribution is 6.10. The van der Waals surface area contributed by atoms with Gasteiger partial charge in [0.05, 0.1) is 31.0 Å². The topological polar surface area (TPSA) is 57.0 Å². The van der Waals surface area contributed by atoms with Gasteiger partial charge in [0.15, 0.2) is 0 Å². The van der Waals surface area contributed by atoms with E-state index in [-0.39, 0.29) is 11.1 Å². The quantitative estimate of drug-likeness (QED) is 0.682. The summed E-state index contributed by atoms with van der Waals surface area (Å²) >= 11 is 0. The maximum absolute atomic E-state index is 12.2. The number of nitrogens with zero attached hydrogens (tertiary/aromatic N) is 1. The van der Waals surface area contributed by atoms with Crippen LogP contribution in [0.4, 0.5) is 0 Å². The maximum atomic E-state index is 12.2. The SMILES string of the molecule is COC(=O)c1cc2c(C)cc3ccccn3c-2c1C(=O)OC. The molecule has 1 aromatic rings. The number of methoxy groups -OCH3 is 2. The molecule has 5 nitrogen and oxygen atoms in total. The van der Waals surface area contributed by atoms with E-state index >= 15 is 0 Å². The van der Waals surface area contributed by atoms with Crippen LogP contribution >= 0.6 is 0 Å². The highest BCUT2D eigenvalue weighted by Gasteiger charge is 2.29.